The van der Waals surface area contributed by atoms with Gasteiger partial charge >= 0.3 is 0 Å². The van der Waals surface area contributed by atoms with Crippen molar-refractivity contribution in [1.82, 2.24) is 0 Å². The average Bonchev–Trinajstić information content (AvgIpc) is 2.54. The van der Waals surface area contributed by atoms with Crippen LogP contribution in [-0.2, 0) is 0 Å². The Bertz CT molecular complexity index is 0. The van der Waals surface area contributed by atoms with Gasteiger partial charge in [0.25, 0.3) is 0 Å². The summed E-state index contributed by atoms with van der Waals surface area (Å²) >= 11 is 0. The lowest BCUT2D eigenvalue weighted by molar-refractivity contribution is 1.50. The molecule has 0 rings (SSSR count). The molecule has 0 heteroatoms. The monoisotopic (exact) mass is 288 g/mol. The summed E-state index contributed by atoms with van der Waals surface area (Å²) in [6.07, 6.45) is 0. The van der Waals surface area contributed by atoms with Crippen molar-refractivity contribution >= 4 is 0 Å². The zero-order valence-electron chi connectivity index (χ0n) is 16.0. The predicted octanol–water partition coefficient (Wildman–Crippen LogP) is 10.1. The van der Waals surface area contributed by atoms with Gasteiger partial charge in [0.2, 0.25) is 0 Å². The molecule has 19 heavy (non-hydrogen) atoms. The third-order valence-electron chi connectivity index (χ3n) is 0. The first-order valence-corrected chi connectivity index (χ1v) is 8.00. The lowest BCUT2D eigenvalue weighted by Gasteiger charge is -1.07. The highest BCUT2D eigenvalue weighted by Gasteiger charge is 0.946. The van der Waals surface area contributed by atoms with Gasteiger partial charge in [0.05, 0.1) is 0 Å². The zero-order chi connectivity index (χ0) is 16.0. The Labute approximate surface area is 133 Å². The van der Waals surface area contributed by atoms with Crippen LogP contribution >= 0.6 is 0 Å². The molecule has 0 nitrogen and oxygen atoms in total. The Morgan fingerprint density at radius 3 is 0.158 bits per heavy atom. The molecule has 0 saturated heterocycles. The molecule has 0 aliphatic carbocycles. The minimum Gasteiger partial charge on any atom is -0.0776 e. The molecule has 0 spiro atoms. The van der Waals surface area contributed by atoms with Crippen LogP contribution < -0.4 is 0 Å². The Kier molecular flexibility index (Phi) is 0. The first-order valence-electron chi connectivity index (χ1n) is 8.00. The van der Waals surface area contributed by atoms with E-state index >= 15 is 0 Å². The third-order valence-corrected chi connectivity index (χ3v) is 0. The SMILES string of the molecule is C.C.C.CC.CC.CC.CC.CC.CC.CC.CC. The van der Waals surface area contributed by atoms with Crippen LogP contribution in [0.25, 0.3) is 0 Å². The van der Waals surface area contributed by atoms with Gasteiger partial charge in [-0.2, -0.15) is 0 Å². The van der Waals surface area contributed by atoms with Crippen LogP contribution in [0.4, 0.5) is 0 Å². The van der Waals surface area contributed by atoms with Crippen molar-refractivity contribution in [3.05, 3.63) is 0 Å². The van der Waals surface area contributed by atoms with Crippen molar-refractivity contribution in [2.75, 3.05) is 0 Å². The maximum atomic E-state index is 2.00. The number of hydrogen-bond donors (Lipinski definition) is 0. The van der Waals surface area contributed by atoms with E-state index in [1.54, 1.807) is 0 Å². The molecule has 0 amide bonds. The van der Waals surface area contributed by atoms with Crippen LogP contribution in [0.2, 0.25) is 0 Å². The highest BCUT2D eigenvalue weighted by Crippen LogP contribution is 1.16. The number of rotatable bonds is 0. The lowest BCUT2D eigenvalue weighted by atomic mass is 11.0. The molecular weight excluding hydrogens is 228 g/mol. The van der Waals surface area contributed by atoms with Gasteiger partial charge < -0.3 is 0 Å². The Balaban J connectivity index is -0.00000000418. The summed E-state index contributed by atoms with van der Waals surface area (Å²) in [4.78, 5) is 0. The van der Waals surface area contributed by atoms with E-state index < -0.39 is 0 Å². The molecule has 0 aliphatic heterocycles. The topological polar surface area (TPSA) is 0 Å². The minimum absolute atomic E-state index is 0. The second kappa shape index (κ2) is 0. The molecule has 0 atom stereocenters. The summed E-state index contributed by atoms with van der Waals surface area (Å²) in [5, 5.41) is 0. The van der Waals surface area contributed by atoms with Crippen molar-refractivity contribution in [2.24, 2.45) is 0 Å². The van der Waals surface area contributed by atoms with Gasteiger partial charge in [-0.3, -0.25) is 0 Å². The van der Waals surface area contributed by atoms with E-state index in [0.717, 1.165) is 0 Å². The first kappa shape index (κ1) is 96.2. The van der Waals surface area contributed by atoms with Crippen molar-refractivity contribution in [2.45, 2.75) is 133 Å². The predicted molar refractivity (Wildman–Crippen MR) is 111 cm³/mol. The van der Waals surface area contributed by atoms with E-state index in [4.69, 9.17) is 0 Å². The van der Waals surface area contributed by atoms with Gasteiger partial charge in [-0.1, -0.05) is 133 Å². The Hall–Kier alpha value is 0. The summed E-state index contributed by atoms with van der Waals surface area (Å²) in [5.41, 5.74) is 0. The maximum Gasteiger partial charge on any atom is -0.0683 e. The highest BCUT2D eigenvalue weighted by atomic mass is 13.0. The molecule has 0 radical (unpaired) electrons. The Morgan fingerprint density at radius 1 is 0.158 bits per heavy atom. The fraction of sp³-hybridized carbons (Fsp3) is 1.00. The van der Waals surface area contributed by atoms with E-state index in [1.165, 1.54) is 0 Å². The van der Waals surface area contributed by atoms with Gasteiger partial charge in [0.1, 0.15) is 0 Å². The van der Waals surface area contributed by atoms with Crippen molar-refractivity contribution < 1.29 is 0 Å². The van der Waals surface area contributed by atoms with Gasteiger partial charge in [-0.15, -0.1) is 0 Å². The molecule has 136 valence electrons. The minimum atomic E-state index is 0. The van der Waals surface area contributed by atoms with Crippen LogP contribution in [0.3, 0.4) is 0 Å². The molecule has 0 bridgehead atoms. The molecule has 0 fully saturated rings. The normalized spacial score (nSPS) is 2.53. The quantitative estimate of drug-likeness (QED) is 0.416. The second-order valence-corrected chi connectivity index (χ2v) is 0. The van der Waals surface area contributed by atoms with Crippen molar-refractivity contribution in [1.29, 1.82) is 0 Å². The van der Waals surface area contributed by atoms with Crippen LogP contribution in [0.15, 0.2) is 0 Å². The molecule has 0 saturated carbocycles. The maximum absolute atomic E-state index is 2.00. The highest BCUT2D eigenvalue weighted by molar-refractivity contribution is 3.52. The summed E-state index contributed by atoms with van der Waals surface area (Å²) < 4.78 is 0. The van der Waals surface area contributed by atoms with E-state index in [-0.39, 0.29) is 22.3 Å². The molecule has 0 aromatic rings. The van der Waals surface area contributed by atoms with E-state index in [2.05, 4.69) is 0 Å². The van der Waals surface area contributed by atoms with Crippen LogP contribution in [0.1, 0.15) is 133 Å². The molecule has 0 aromatic heterocycles. The van der Waals surface area contributed by atoms with Crippen LogP contribution in [-0.4, -0.2) is 0 Å². The number of hydrogen-bond acceptors (Lipinski definition) is 0. The summed E-state index contributed by atoms with van der Waals surface area (Å²) in [6.45, 7) is 32.0. The molecule has 0 heterocycles. The molecule has 0 unspecified atom stereocenters. The second-order valence-electron chi connectivity index (χ2n) is 0. The van der Waals surface area contributed by atoms with Crippen LogP contribution in [0, 0.1) is 0 Å². The van der Waals surface area contributed by atoms with Gasteiger partial charge in [0, 0.05) is 0 Å². The fourth-order valence-electron chi connectivity index (χ4n) is 0. The van der Waals surface area contributed by atoms with Crippen molar-refractivity contribution in [3.63, 3.8) is 0 Å². The smallest absolute Gasteiger partial charge is 0.0683 e. The standard InChI is InChI=1S/8C2H6.3CH4/c8*1-2;;;/h8*1-2H3;3*1H4. The van der Waals surface area contributed by atoms with Gasteiger partial charge in [0.15, 0.2) is 0 Å². The average molecular weight is 289 g/mol. The largest absolute Gasteiger partial charge is 0.0776 e. The summed E-state index contributed by atoms with van der Waals surface area (Å²) in [6, 6.07) is 0. The van der Waals surface area contributed by atoms with Gasteiger partial charge in [-0.25, -0.2) is 0 Å². The summed E-state index contributed by atoms with van der Waals surface area (Å²) in [5.74, 6) is 0. The Morgan fingerprint density at radius 2 is 0.158 bits per heavy atom. The third kappa shape index (κ3) is 0. The lowest BCUT2D eigenvalue weighted by Crippen LogP contribution is -0.856. The molecular formula is C19H60. The van der Waals surface area contributed by atoms with E-state index in [1.807, 2.05) is 111 Å². The zero-order valence-corrected chi connectivity index (χ0v) is 16.0. The first-order chi connectivity index (χ1) is 8.00. The summed E-state index contributed by atoms with van der Waals surface area (Å²) in [7, 11) is 0. The van der Waals surface area contributed by atoms with Crippen LogP contribution in [0.5, 0.6) is 0 Å². The fourth-order valence-corrected chi connectivity index (χ4v) is 0. The van der Waals surface area contributed by atoms with Gasteiger partial charge in [-0.05, 0) is 0 Å². The van der Waals surface area contributed by atoms with E-state index in [0.29, 0.717) is 0 Å². The molecule has 0 N–H and O–H groups in total. The molecule has 0 aliphatic rings. The molecule has 0 aromatic carbocycles. The van der Waals surface area contributed by atoms with E-state index in [9.17, 15) is 0 Å². The van der Waals surface area contributed by atoms with Crippen molar-refractivity contribution in [3.8, 4) is 0 Å².